The first kappa shape index (κ1) is 12.5. The van der Waals surface area contributed by atoms with E-state index in [0.717, 1.165) is 5.56 Å². The van der Waals surface area contributed by atoms with Crippen LogP contribution in [0.5, 0.6) is 5.75 Å². The maximum Gasteiger partial charge on any atom is 0.179 e. The van der Waals surface area contributed by atoms with Crippen LogP contribution in [0, 0.1) is 6.92 Å². The van der Waals surface area contributed by atoms with Gasteiger partial charge in [-0.3, -0.25) is 4.79 Å². The maximum absolute atomic E-state index is 11.8. The molecule has 0 radical (unpaired) electrons. The van der Waals surface area contributed by atoms with E-state index in [1.807, 2.05) is 6.92 Å². The standard InChI is InChI=1S/C11H12BrClO2/c1-6-4-10(15-3)8(5-9(6)13)11(14)7(2)12/h4-5,7H,1-3H3. The van der Waals surface area contributed by atoms with Crippen LogP contribution >= 0.6 is 27.5 Å². The van der Waals surface area contributed by atoms with Gasteiger partial charge in [0.2, 0.25) is 0 Å². The van der Waals surface area contributed by atoms with Crippen molar-refractivity contribution < 1.29 is 9.53 Å². The molecule has 0 fully saturated rings. The molecule has 1 aromatic rings. The predicted molar refractivity (Wildman–Crippen MR) is 65.5 cm³/mol. The number of ether oxygens (including phenoxy) is 1. The highest BCUT2D eigenvalue weighted by molar-refractivity contribution is 9.10. The number of rotatable bonds is 3. The fourth-order valence-electron chi connectivity index (χ4n) is 1.23. The number of ketones is 1. The molecule has 0 aliphatic heterocycles. The van der Waals surface area contributed by atoms with Crippen LogP contribution in [0.25, 0.3) is 0 Å². The molecular weight excluding hydrogens is 279 g/mol. The second kappa shape index (κ2) is 4.99. The molecule has 0 amide bonds. The Hall–Kier alpha value is -0.540. The first-order chi connectivity index (χ1) is 6.97. The van der Waals surface area contributed by atoms with Crippen LogP contribution in [0.15, 0.2) is 12.1 Å². The quantitative estimate of drug-likeness (QED) is 0.628. The molecule has 1 aromatic carbocycles. The Balaban J connectivity index is 3.27. The second-order valence-corrected chi connectivity index (χ2v) is 5.06. The van der Waals surface area contributed by atoms with Crippen molar-refractivity contribution in [3.8, 4) is 5.75 Å². The molecule has 0 N–H and O–H groups in total. The average molecular weight is 292 g/mol. The summed E-state index contributed by atoms with van der Waals surface area (Å²) in [6, 6.07) is 3.42. The fourth-order valence-corrected chi connectivity index (χ4v) is 1.64. The van der Waals surface area contributed by atoms with Gasteiger partial charge in [-0.15, -0.1) is 0 Å². The van der Waals surface area contributed by atoms with Gasteiger partial charge in [0.15, 0.2) is 5.78 Å². The fraction of sp³-hybridized carbons (Fsp3) is 0.364. The molecule has 1 unspecified atom stereocenters. The smallest absolute Gasteiger partial charge is 0.179 e. The Morgan fingerprint density at radius 2 is 2.13 bits per heavy atom. The molecule has 1 rings (SSSR count). The summed E-state index contributed by atoms with van der Waals surface area (Å²) in [6.07, 6.45) is 0. The van der Waals surface area contributed by atoms with E-state index in [0.29, 0.717) is 16.3 Å². The van der Waals surface area contributed by atoms with Crippen molar-refractivity contribution in [3.63, 3.8) is 0 Å². The van der Waals surface area contributed by atoms with Gasteiger partial charge in [0, 0.05) is 5.02 Å². The van der Waals surface area contributed by atoms with E-state index in [9.17, 15) is 4.79 Å². The monoisotopic (exact) mass is 290 g/mol. The van der Waals surface area contributed by atoms with Crippen LogP contribution in [-0.4, -0.2) is 17.7 Å². The van der Waals surface area contributed by atoms with E-state index in [1.54, 1.807) is 26.2 Å². The van der Waals surface area contributed by atoms with Gasteiger partial charge >= 0.3 is 0 Å². The molecule has 1 atom stereocenters. The SMILES string of the molecule is COc1cc(C)c(Cl)cc1C(=O)C(C)Br. The van der Waals surface area contributed by atoms with Crippen molar-refractivity contribution in [3.05, 3.63) is 28.3 Å². The van der Waals surface area contributed by atoms with Gasteiger partial charge in [0.05, 0.1) is 17.5 Å². The normalized spacial score (nSPS) is 12.3. The molecule has 0 heterocycles. The lowest BCUT2D eigenvalue weighted by molar-refractivity contribution is 0.0993. The summed E-state index contributed by atoms with van der Waals surface area (Å²) in [5.74, 6) is 0.530. The first-order valence-electron chi connectivity index (χ1n) is 4.49. The highest BCUT2D eigenvalue weighted by Crippen LogP contribution is 2.28. The summed E-state index contributed by atoms with van der Waals surface area (Å²) in [7, 11) is 1.54. The van der Waals surface area contributed by atoms with E-state index in [2.05, 4.69) is 15.9 Å². The highest BCUT2D eigenvalue weighted by atomic mass is 79.9. The summed E-state index contributed by atoms with van der Waals surface area (Å²) in [5, 5.41) is 0.576. The Kier molecular flexibility index (Phi) is 4.17. The van der Waals surface area contributed by atoms with Crippen LogP contribution in [0.4, 0.5) is 0 Å². The molecule has 0 bridgehead atoms. The van der Waals surface area contributed by atoms with Gasteiger partial charge in [-0.05, 0) is 31.5 Å². The Morgan fingerprint density at radius 3 is 2.60 bits per heavy atom. The summed E-state index contributed by atoms with van der Waals surface area (Å²) in [6.45, 7) is 3.65. The topological polar surface area (TPSA) is 26.3 Å². The van der Waals surface area contributed by atoms with Crippen molar-refractivity contribution >= 4 is 33.3 Å². The van der Waals surface area contributed by atoms with E-state index < -0.39 is 0 Å². The molecule has 0 spiro atoms. The maximum atomic E-state index is 11.8. The van der Waals surface area contributed by atoms with E-state index in [1.165, 1.54) is 0 Å². The number of carbonyl (C=O) groups is 1. The molecular formula is C11H12BrClO2. The van der Waals surface area contributed by atoms with Gasteiger partial charge in [-0.25, -0.2) is 0 Å². The van der Waals surface area contributed by atoms with Gasteiger partial charge in [-0.1, -0.05) is 27.5 Å². The minimum atomic E-state index is -0.245. The first-order valence-corrected chi connectivity index (χ1v) is 5.79. The lowest BCUT2D eigenvalue weighted by Crippen LogP contribution is -2.11. The van der Waals surface area contributed by atoms with Gasteiger partial charge in [-0.2, -0.15) is 0 Å². The van der Waals surface area contributed by atoms with E-state index in [-0.39, 0.29) is 10.6 Å². The van der Waals surface area contributed by atoms with Crippen LogP contribution in [0.1, 0.15) is 22.8 Å². The largest absolute Gasteiger partial charge is 0.496 e. The molecule has 0 aliphatic carbocycles. The number of benzene rings is 1. The third kappa shape index (κ3) is 2.73. The minimum Gasteiger partial charge on any atom is -0.496 e. The second-order valence-electron chi connectivity index (χ2n) is 3.28. The van der Waals surface area contributed by atoms with Crippen molar-refractivity contribution in [2.24, 2.45) is 0 Å². The number of methoxy groups -OCH3 is 1. The Bertz CT molecular complexity index is 388. The van der Waals surface area contributed by atoms with Crippen LogP contribution in [0.3, 0.4) is 0 Å². The van der Waals surface area contributed by atoms with Crippen molar-refractivity contribution in [1.82, 2.24) is 0 Å². The number of alkyl halides is 1. The van der Waals surface area contributed by atoms with Crippen molar-refractivity contribution in [2.45, 2.75) is 18.7 Å². The molecule has 0 saturated heterocycles. The molecule has 0 aromatic heterocycles. The number of aryl methyl sites for hydroxylation is 1. The molecule has 15 heavy (non-hydrogen) atoms. The third-order valence-electron chi connectivity index (χ3n) is 2.11. The summed E-state index contributed by atoms with van der Waals surface area (Å²) in [5.41, 5.74) is 1.41. The Labute approximate surface area is 103 Å². The highest BCUT2D eigenvalue weighted by Gasteiger charge is 2.18. The lowest BCUT2D eigenvalue weighted by Gasteiger charge is -2.11. The molecule has 82 valence electrons. The van der Waals surface area contributed by atoms with Crippen LogP contribution < -0.4 is 4.74 Å². The van der Waals surface area contributed by atoms with Crippen molar-refractivity contribution in [1.29, 1.82) is 0 Å². The minimum absolute atomic E-state index is 0.0336. The summed E-state index contributed by atoms with van der Waals surface area (Å²) in [4.78, 5) is 11.6. The molecule has 0 aliphatic rings. The zero-order chi connectivity index (χ0) is 11.6. The molecule has 4 heteroatoms. The number of hydrogen-bond donors (Lipinski definition) is 0. The Morgan fingerprint density at radius 1 is 1.53 bits per heavy atom. The summed E-state index contributed by atoms with van der Waals surface area (Å²) < 4.78 is 5.15. The third-order valence-corrected chi connectivity index (χ3v) is 2.93. The van der Waals surface area contributed by atoms with Crippen LogP contribution in [0.2, 0.25) is 5.02 Å². The van der Waals surface area contributed by atoms with Gasteiger partial charge in [0.25, 0.3) is 0 Å². The number of halogens is 2. The predicted octanol–water partition coefficient (Wildman–Crippen LogP) is 3.62. The van der Waals surface area contributed by atoms with Gasteiger partial charge < -0.3 is 4.74 Å². The zero-order valence-corrected chi connectivity index (χ0v) is 11.1. The van der Waals surface area contributed by atoms with E-state index >= 15 is 0 Å². The van der Waals surface area contributed by atoms with Gasteiger partial charge in [0.1, 0.15) is 5.75 Å². The zero-order valence-electron chi connectivity index (χ0n) is 8.80. The number of Topliss-reactive ketones (excluding diaryl/α,β-unsaturated/α-hetero) is 1. The molecule has 2 nitrogen and oxygen atoms in total. The number of carbonyl (C=O) groups excluding carboxylic acids is 1. The summed E-state index contributed by atoms with van der Waals surface area (Å²) >= 11 is 9.20. The number of hydrogen-bond acceptors (Lipinski definition) is 2. The average Bonchev–Trinajstić information content (AvgIpc) is 2.20. The lowest BCUT2D eigenvalue weighted by atomic mass is 10.1. The van der Waals surface area contributed by atoms with Crippen LogP contribution in [-0.2, 0) is 0 Å². The van der Waals surface area contributed by atoms with E-state index in [4.69, 9.17) is 16.3 Å². The molecule has 0 saturated carbocycles. The van der Waals surface area contributed by atoms with Crippen molar-refractivity contribution in [2.75, 3.05) is 7.11 Å².